The lowest BCUT2D eigenvalue weighted by Crippen LogP contribution is -2.50. The first-order valence-corrected chi connectivity index (χ1v) is 11.7. The lowest BCUT2D eigenvalue weighted by molar-refractivity contribution is -0.142. The second-order valence-corrected chi connectivity index (χ2v) is 9.29. The maximum absolute atomic E-state index is 13.2. The molecular weight excluding hydrogens is 456 g/mol. The molecule has 0 spiro atoms. The summed E-state index contributed by atoms with van der Waals surface area (Å²) in [4.78, 5) is 27.7. The highest BCUT2D eigenvalue weighted by molar-refractivity contribution is 9.10. The van der Waals surface area contributed by atoms with E-state index in [1.165, 1.54) is 0 Å². The van der Waals surface area contributed by atoms with Crippen LogP contribution in [0.4, 0.5) is 0 Å². The average molecular weight is 487 g/mol. The molecule has 6 heteroatoms. The fraction of sp³-hybridized carbons (Fsp3) is 0.440. The summed E-state index contributed by atoms with van der Waals surface area (Å²) in [6.07, 6.45) is 4.30. The molecule has 1 fully saturated rings. The highest BCUT2D eigenvalue weighted by Gasteiger charge is 2.28. The molecular formula is C25H31BrN2O3. The highest BCUT2D eigenvalue weighted by Crippen LogP contribution is 2.21. The Kier molecular flexibility index (Phi) is 8.13. The highest BCUT2D eigenvalue weighted by atomic mass is 79.9. The molecule has 0 aliphatic heterocycles. The van der Waals surface area contributed by atoms with Gasteiger partial charge in [0, 0.05) is 17.1 Å². The third-order valence-corrected chi connectivity index (χ3v) is 6.36. The van der Waals surface area contributed by atoms with Gasteiger partial charge in [0.2, 0.25) is 5.91 Å². The van der Waals surface area contributed by atoms with Gasteiger partial charge in [0.15, 0.2) is 6.61 Å². The van der Waals surface area contributed by atoms with Crippen molar-refractivity contribution in [1.29, 1.82) is 0 Å². The van der Waals surface area contributed by atoms with Crippen LogP contribution in [0, 0.1) is 13.8 Å². The van der Waals surface area contributed by atoms with E-state index >= 15 is 0 Å². The molecule has 1 atom stereocenters. The molecule has 2 aromatic rings. The average Bonchev–Trinajstić information content (AvgIpc) is 3.26. The number of amides is 2. The zero-order valence-electron chi connectivity index (χ0n) is 18.5. The first kappa shape index (κ1) is 23.3. The summed E-state index contributed by atoms with van der Waals surface area (Å²) < 4.78 is 6.82. The van der Waals surface area contributed by atoms with Crippen molar-refractivity contribution in [1.82, 2.24) is 10.2 Å². The van der Waals surface area contributed by atoms with E-state index in [1.54, 1.807) is 11.8 Å². The standard InChI is InChI=1S/C25H31BrN2O3/c1-17-8-9-18(2)23(14-17)31-16-24(29)28(15-20-10-12-21(26)13-11-20)19(3)25(30)27-22-6-4-5-7-22/h8-14,19,22H,4-7,15-16H2,1-3H3,(H,27,30)/t19-/m0/s1. The third-order valence-electron chi connectivity index (χ3n) is 5.83. The van der Waals surface area contributed by atoms with Crippen LogP contribution < -0.4 is 10.1 Å². The smallest absolute Gasteiger partial charge is 0.261 e. The second-order valence-electron chi connectivity index (χ2n) is 8.37. The van der Waals surface area contributed by atoms with E-state index in [0.29, 0.717) is 12.3 Å². The van der Waals surface area contributed by atoms with Crippen molar-refractivity contribution in [3.8, 4) is 5.75 Å². The molecule has 0 heterocycles. The minimum Gasteiger partial charge on any atom is -0.483 e. The Morgan fingerprint density at radius 3 is 2.48 bits per heavy atom. The number of ether oxygens (including phenoxy) is 1. The van der Waals surface area contributed by atoms with Gasteiger partial charge in [-0.2, -0.15) is 0 Å². The summed E-state index contributed by atoms with van der Waals surface area (Å²) in [5.41, 5.74) is 3.01. The number of hydrogen-bond donors (Lipinski definition) is 1. The van der Waals surface area contributed by atoms with E-state index < -0.39 is 6.04 Å². The lowest BCUT2D eigenvalue weighted by Gasteiger charge is -2.29. The molecule has 31 heavy (non-hydrogen) atoms. The molecule has 166 valence electrons. The fourth-order valence-electron chi connectivity index (χ4n) is 3.85. The van der Waals surface area contributed by atoms with Crippen molar-refractivity contribution >= 4 is 27.7 Å². The van der Waals surface area contributed by atoms with E-state index in [9.17, 15) is 9.59 Å². The van der Waals surface area contributed by atoms with Crippen LogP contribution in [0.15, 0.2) is 46.9 Å². The SMILES string of the molecule is Cc1ccc(C)c(OCC(=O)N(Cc2ccc(Br)cc2)[C@@H](C)C(=O)NC2CCCC2)c1. The number of carbonyl (C=O) groups is 2. The number of aryl methyl sites for hydroxylation is 2. The fourth-order valence-corrected chi connectivity index (χ4v) is 4.11. The van der Waals surface area contributed by atoms with E-state index in [0.717, 1.165) is 46.8 Å². The molecule has 2 aromatic carbocycles. The normalized spacial score (nSPS) is 14.8. The molecule has 0 bridgehead atoms. The minimum absolute atomic E-state index is 0.107. The van der Waals surface area contributed by atoms with E-state index in [-0.39, 0.29) is 24.5 Å². The largest absolute Gasteiger partial charge is 0.483 e. The summed E-state index contributed by atoms with van der Waals surface area (Å²) in [6.45, 7) is 5.97. The maximum atomic E-state index is 13.2. The Morgan fingerprint density at radius 1 is 1.13 bits per heavy atom. The Hall–Kier alpha value is -2.34. The second kappa shape index (κ2) is 10.8. The quantitative estimate of drug-likeness (QED) is 0.575. The Labute approximate surface area is 193 Å². The Bertz CT molecular complexity index is 907. The Morgan fingerprint density at radius 2 is 1.81 bits per heavy atom. The Balaban J connectivity index is 1.72. The third kappa shape index (κ3) is 6.57. The van der Waals surface area contributed by atoms with Crippen LogP contribution in [0.5, 0.6) is 5.75 Å². The number of nitrogens with one attached hydrogen (secondary N) is 1. The van der Waals surface area contributed by atoms with Crippen LogP contribution in [-0.2, 0) is 16.1 Å². The molecule has 2 amide bonds. The van der Waals surface area contributed by atoms with Gasteiger partial charge in [0.1, 0.15) is 11.8 Å². The van der Waals surface area contributed by atoms with Crippen LogP contribution in [0.1, 0.15) is 49.3 Å². The van der Waals surface area contributed by atoms with Crippen LogP contribution in [0.2, 0.25) is 0 Å². The minimum atomic E-state index is -0.584. The number of benzene rings is 2. The van der Waals surface area contributed by atoms with Crippen molar-refractivity contribution in [3.63, 3.8) is 0 Å². The molecule has 1 aliphatic rings. The topological polar surface area (TPSA) is 58.6 Å². The summed E-state index contributed by atoms with van der Waals surface area (Å²) in [5, 5.41) is 3.12. The van der Waals surface area contributed by atoms with E-state index in [4.69, 9.17) is 4.74 Å². The number of hydrogen-bond acceptors (Lipinski definition) is 3. The van der Waals surface area contributed by atoms with Crippen LogP contribution in [-0.4, -0.2) is 35.4 Å². The van der Waals surface area contributed by atoms with Crippen LogP contribution in [0.3, 0.4) is 0 Å². The predicted octanol–water partition coefficient (Wildman–Crippen LogP) is 4.92. The van der Waals surface area contributed by atoms with Gasteiger partial charge in [-0.1, -0.05) is 53.0 Å². The first-order chi connectivity index (χ1) is 14.8. The van der Waals surface area contributed by atoms with Crippen molar-refractivity contribution in [2.75, 3.05) is 6.61 Å². The summed E-state index contributed by atoms with van der Waals surface area (Å²) in [6, 6.07) is 13.3. The van der Waals surface area contributed by atoms with Gasteiger partial charge in [-0.15, -0.1) is 0 Å². The number of nitrogens with zero attached hydrogens (tertiary/aromatic N) is 1. The first-order valence-electron chi connectivity index (χ1n) is 10.9. The van der Waals surface area contributed by atoms with Crippen molar-refractivity contribution in [2.45, 2.75) is 65.1 Å². The summed E-state index contributed by atoms with van der Waals surface area (Å²) >= 11 is 3.44. The predicted molar refractivity (Wildman–Crippen MR) is 126 cm³/mol. The van der Waals surface area contributed by atoms with Crippen molar-refractivity contribution < 1.29 is 14.3 Å². The molecule has 0 saturated heterocycles. The van der Waals surface area contributed by atoms with Gasteiger partial charge in [-0.25, -0.2) is 0 Å². The molecule has 1 aliphatic carbocycles. The van der Waals surface area contributed by atoms with Gasteiger partial charge < -0.3 is 15.0 Å². The molecule has 1 N–H and O–H groups in total. The molecule has 0 radical (unpaired) electrons. The number of carbonyl (C=O) groups excluding carboxylic acids is 2. The van der Waals surface area contributed by atoms with Gasteiger partial charge in [-0.3, -0.25) is 9.59 Å². The maximum Gasteiger partial charge on any atom is 0.261 e. The van der Waals surface area contributed by atoms with Gasteiger partial charge in [-0.05, 0) is 68.5 Å². The van der Waals surface area contributed by atoms with Crippen LogP contribution >= 0.6 is 15.9 Å². The van der Waals surface area contributed by atoms with Gasteiger partial charge >= 0.3 is 0 Å². The molecule has 0 unspecified atom stereocenters. The van der Waals surface area contributed by atoms with E-state index in [2.05, 4.69) is 21.2 Å². The lowest BCUT2D eigenvalue weighted by atomic mass is 10.1. The molecule has 3 rings (SSSR count). The van der Waals surface area contributed by atoms with Gasteiger partial charge in [0.25, 0.3) is 5.91 Å². The van der Waals surface area contributed by atoms with Crippen molar-refractivity contribution in [2.24, 2.45) is 0 Å². The zero-order chi connectivity index (χ0) is 22.4. The van der Waals surface area contributed by atoms with E-state index in [1.807, 2.05) is 56.3 Å². The summed E-state index contributed by atoms with van der Waals surface area (Å²) in [5.74, 6) is 0.377. The number of rotatable bonds is 8. The molecule has 1 saturated carbocycles. The summed E-state index contributed by atoms with van der Waals surface area (Å²) in [7, 11) is 0. The zero-order valence-corrected chi connectivity index (χ0v) is 20.1. The number of halogens is 1. The van der Waals surface area contributed by atoms with Crippen LogP contribution in [0.25, 0.3) is 0 Å². The van der Waals surface area contributed by atoms with Crippen molar-refractivity contribution in [3.05, 3.63) is 63.6 Å². The van der Waals surface area contributed by atoms with Gasteiger partial charge in [0.05, 0.1) is 0 Å². The monoisotopic (exact) mass is 486 g/mol. The molecule has 0 aromatic heterocycles. The molecule has 5 nitrogen and oxygen atoms in total.